The molecule has 3 aromatic rings. The minimum absolute atomic E-state index is 0.345. The van der Waals surface area contributed by atoms with Gasteiger partial charge in [0.2, 0.25) is 0 Å². The molecule has 31 heavy (non-hydrogen) atoms. The average molecular weight is 437 g/mol. The monoisotopic (exact) mass is 436 g/mol. The molecule has 0 amide bonds. The van der Waals surface area contributed by atoms with E-state index < -0.39 is 5.60 Å². The Hall–Kier alpha value is -2.01. The van der Waals surface area contributed by atoms with Crippen LogP contribution in [0.4, 0.5) is 0 Å². The second kappa shape index (κ2) is 6.99. The van der Waals surface area contributed by atoms with Gasteiger partial charge in [-0.25, -0.2) is 0 Å². The Morgan fingerprint density at radius 3 is 2.84 bits per heavy atom. The number of nitrogens with one attached hydrogen (secondary N) is 1. The SMILES string of the molecule is COc1cccc(C23CCN(CC4CC4)CC2(O)Cc2c([nH]c4cccc(Cl)c24)C3)c1. The zero-order valence-corrected chi connectivity index (χ0v) is 18.7. The predicted octanol–water partition coefficient (Wildman–Crippen LogP) is 4.71. The lowest BCUT2D eigenvalue weighted by Gasteiger charge is -2.56. The number of aromatic nitrogens is 1. The van der Waals surface area contributed by atoms with Gasteiger partial charge < -0.3 is 19.7 Å². The van der Waals surface area contributed by atoms with Crippen LogP contribution in [0.3, 0.4) is 0 Å². The van der Waals surface area contributed by atoms with Crippen molar-refractivity contribution in [1.82, 2.24) is 9.88 Å². The molecule has 0 spiro atoms. The number of piperidine rings is 1. The molecule has 1 aliphatic heterocycles. The number of likely N-dealkylation sites (tertiary alicyclic amines) is 1. The van der Waals surface area contributed by atoms with Gasteiger partial charge in [-0.05, 0) is 67.1 Å². The van der Waals surface area contributed by atoms with Crippen LogP contribution in [0.5, 0.6) is 5.75 Å². The standard InChI is InChI=1S/C26H29ClN2O2/c1-31-19-5-2-4-18(12-19)25-10-11-29(15-17-8-9-17)16-26(25,30)13-20-23(14-25)28-22-7-3-6-21(27)24(20)22/h2-7,12,17,28,30H,8-11,13-16H2,1H3. The zero-order chi connectivity index (χ0) is 21.2. The normalized spacial score (nSPS) is 28.4. The molecule has 3 aliphatic rings. The molecule has 2 aliphatic carbocycles. The van der Waals surface area contributed by atoms with Gasteiger partial charge in [0.15, 0.2) is 0 Å². The van der Waals surface area contributed by atoms with E-state index in [1.807, 2.05) is 18.2 Å². The first-order chi connectivity index (χ1) is 15.0. The van der Waals surface area contributed by atoms with Crippen molar-refractivity contribution in [2.45, 2.75) is 43.1 Å². The molecular formula is C26H29ClN2O2. The van der Waals surface area contributed by atoms with Crippen molar-refractivity contribution < 1.29 is 9.84 Å². The lowest BCUT2D eigenvalue weighted by atomic mass is 9.56. The number of β-amino-alcohol motifs (C(OH)–C–C–N with tert-alkyl or cyclic N) is 1. The second-order valence-corrected chi connectivity index (χ2v) is 10.3. The first kappa shape index (κ1) is 19.7. The Labute approximate surface area is 188 Å². The van der Waals surface area contributed by atoms with Crippen LogP contribution in [-0.2, 0) is 18.3 Å². The Balaban J connectivity index is 1.50. The van der Waals surface area contributed by atoms with E-state index in [9.17, 15) is 5.11 Å². The van der Waals surface area contributed by atoms with Crippen molar-refractivity contribution in [1.29, 1.82) is 0 Å². The molecule has 2 atom stereocenters. The topological polar surface area (TPSA) is 48.5 Å². The number of ether oxygens (including phenoxy) is 1. The van der Waals surface area contributed by atoms with Gasteiger partial charge in [-0.15, -0.1) is 0 Å². The van der Waals surface area contributed by atoms with Crippen molar-refractivity contribution in [3.63, 3.8) is 0 Å². The summed E-state index contributed by atoms with van der Waals surface area (Å²) in [5.41, 5.74) is 3.45. The first-order valence-electron chi connectivity index (χ1n) is 11.4. The summed E-state index contributed by atoms with van der Waals surface area (Å²) in [5.74, 6) is 1.66. The van der Waals surface area contributed by atoms with Crippen molar-refractivity contribution in [3.8, 4) is 5.75 Å². The highest BCUT2D eigenvalue weighted by molar-refractivity contribution is 6.35. The van der Waals surface area contributed by atoms with Crippen LogP contribution < -0.4 is 4.74 Å². The minimum Gasteiger partial charge on any atom is -0.497 e. The van der Waals surface area contributed by atoms with Crippen LogP contribution in [0.2, 0.25) is 5.02 Å². The largest absolute Gasteiger partial charge is 0.497 e. The van der Waals surface area contributed by atoms with Gasteiger partial charge in [-0.1, -0.05) is 29.8 Å². The Morgan fingerprint density at radius 1 is 1.19 bits per heavy atom. The number of hydrogen-bond acceptors (Lipinski definition) is 3. The van der Waals surface area contributed by atoms with E-state index in [2.05, 4.69) is 34.1 Å². The highest BCUT2D eigenvalue weighted by Crippen LogP contribution is 2.52. The van der Waals surface area contributed by atoms with Gasteiger partial charge in [-0.2, -0.15) is 0 Å². The Morgan fingerprint density at radius 2 is 2.03 bits per heavy atom. The summed E-state index contributed by atoms with van der Waals surface area (Å²) >= 11 is 6.62. The van der Waals surface area contributed by atoms with Crippen LogP contribution in [0.25, 0.3) is 10.9 Å². The second-order valence-electron chi connectivity index (χ2n) is 9.87. The molecule has 4 nitrogen and oxygen atoms in total. The summed E-state index contributed by atoms with van der Waals surface area (Å²) in [4.78, 5) is 6.14. The van der Waals surface area contributed by atoms with Crippen molar-refractivity contribution in [3.05, 3.63) is 64.3 Å². The average Bonchev–Trinajstić information content (AvgIpc) is 3.51. The maximum absolute atomic E-state index is 12.4. The summed E-state index contributed by atoms with van der Waals surface area (Å²) in [6.45, 7) is 2.83. The van der Waals surface area contributed by atoms with E-state index in [1.165, 1.54) is 29.7 Å². The number of fused-ring (bicyclic) bond motifs is 4. The number of H-pyrrole nitrogens is 1. The zero-order valence-electron chi connectivity index (χ0n) is 18.0. The third-order valence-corrected chi connectivity index (χ3v) is 8.29. The Kier molecular flexibility index (Phi) is 4.44. The van der Waals surface area contributed by atoms with E-state index in [4.69, 9.17) is 16.3 Å². The predicted molar refractivity (Wildman–Crippen MR) is 124 cm³/mol. The number of benzene rings is 2. The molecular weight excluding hydrogens is 408 g/mol. The van der Waals surface area contributed by atoms with E-state index in [0.717, 1.165) is 53.5 Å². The number of halogens is 1. The van der Waals surface area contributed by atoms with E-state index in [1.54, 1.807) is 7.11 Å². The van der Waals surface area contributed by atoms with Crippen LogP contribution in [0.1, 0.15) is 36.1 Å². The van der Waals surface area contributed by atoms with Crippen LogP contribution in [0.15, 0.2) is 42.5 Å². The third-order valence-electron chi connectivity index (χ3n) is 7.98. The summed E-state index contributed by atoms with van der Waals surface area (Å²) in [5, 5.41) is 14.3. The summed E-state index contributed by atoms with van der Waals surface area (Å²) in [7, 11) is 1.71. The molecule has 0 bridgehead atoms. The molecule has 162 valence electrons. The number of methoxy groups -OCH3 is 1. The van der Waals surface area contributed by atoms with Crippen LogP contribution >= 0.6 is 11.6 Å². The molecule has 1 aromatic heterocycles. The third kappa shape index (κ3) is 3.03. The fraction of sp³-hybridized carbons (Fsp3) is 0.462. The number of nitrogens with zero attached hydrogens (tertiary/aromatic N) is 1. The van der Waals surface area contributed by atoms with Gasteiger partial charge in [0.25, 0.3) is 0 Å². The fourth-order valence-corrected chi connectivity index (χ4v) is 6.47. The van der Waals surface area contributed by atoms with Crippen molar-refractivity contribution >= 4 is 22.5 Å². The number of rotatable bonds is 4. The first-order valence-corrected chi connectivity index (χ1v) is 11.8. The number of hydrogen-bond donors (Lipinski definition) is 2. The van der Waals surface area contributed by atoms with E-state index in [-0.39, 0.29) is 5.41 Å². The number of aromatic amines is 1. The molecule has 2 fully saturated rings. The molecule has 2 aromatic carbocycles. The highest BCUT2D eigenvalue weighted by atomic mass is 35.5. The van der Waals surface area contributed by atoms with Crippen molar-refractivity contribution in [2.24, 2.45) is 5.92 Å². The lowest BCUT2D eigenvalue weighted by Crippen LogP contribution is -2.66. The quantitative estimate of drug-likeness (QED) is 0.622. The maximum Gasteiger partial charge on any atom is 0.119 e. The summed E-state index contributed by atoms with van der Waals surface area (Å²) in [6.07, 6.45) is 5.00. The molecule has 6 rings (SSSR count). The van der Waals surface area contributed by atoms with Gasteiger partial charge in [0.05, 0.1) is 17.7 Å². The van der Waals surface area contributed by atoms with Gasteiger partial charge in [0.1, 0.15) is 5.75 Å². The minimum atomic E-state index is -0.853. The van der Waals surface area contributed by atoms with Gasteiger partial charge in [0, 0.05) is 47.9 Å². The van der Waals surface area contributed by atoms with Crippen molar-refractivity contribution in [2.75, 3.05) is 26.7 Å². The maximum atomic E-state index is 12.4. The summed E-state index contributed by atoms with van der Waals surface area (Å²) < 4.78 is 5.55. The van der Waals surface area contributed by atoms with Crippen LogP contribution in [-0.4, -0.2) is 47.3 Å². The van der Waals surface area contributed by atoms with E-state index >= 15 is 0 Å². The molecule has 1 saturated heterocycles. The van der Waals surface area contributed by atoms with Gasteiger partial charge in [-0.3, -0.25) is 0 Å². The molecule has 2 N–H and O–H groups in total. The molecule has 2 heterocycles. The molecule has 5 heteroatoms. The highest BCUT2D eigenvalue weighted by Gasteiger charge is 2.58. The molecule has 2 unspecified atom stereocenters. The summed E-state index contributed by atoms with van der Waals surface area (Å²) in [6, 6.07) is 14.4. The fourth-order valence-electron chi connectivity index (χ4n) is 6.18. The number of aliphatic hydroxyl groups is 1. The van der Waals surface area contributed by atoms with Gasteiger partial charge >= 0.3 is 0 Å². The Bertz CT molecular complexity index is 1150. The smallest absolute Gasteiger partial charge is 0.119 e. The lowest BCUT2D eigenvalue weighted by molar-refractivity contribution is -0.103. The van der Waals surface area contributed by atoms with E-state index in [0.29, 0.717) is 13.0 Å². The molecule has 0 radical (unpaired) electrons. The van der Waals surface area contributed by atoms with Crippen LogP contribution in [0, 0.1) is 5.92 Å². The molecule has 1 saturated carbocycles.